The molecule has 30 heavy (non-hydrogen) atoms. The number of carbonyl (C=O) groups is 1. The van der Waals surface area contributed by atoms with Gasteiger partial charge >= 0.3 is 0 Å². The predicted octanol–water partition coefficient (Wildman–Crippen LogP) is 3.51. The minimum absolute atomic E-state index is 0.0179. The van der Waals surface area contributed by atoms with Crippen LogP contribution in [-0.4, -0.2) is 28.5 Å². The van der Waals surface area contributed by atoms with Gasteiger partial charge in [-0.3, -0.25) is 9.59 Å². The molecule has 0 aliphatic carbocycles. The van der Waals surface area contributed by atoms with Crippen LogP contribution in [0.3, 0.4) is 0 Å². The number of carbonyl (C=O) groups excluding carboxylic acids is 1. The van der Waals surface area contributed by atoms with Gasteiger partial charge in [0.1, 0.15) is 0 Å². The van der Waals surface area contributed by atoms with Crippen molar-refractivity contribution in [3.05, 3.63) is 70.5 Å². The number of amides is 1. The normalized spacial score (nSPS) is 15.9. The Balaban J connectivity index is 1.45. The fourth-order valence-electron chi connectivity index (χ4n) is 4.21. The minimum Gasteiger partial charge on any atom is -0.352 e. The lowest BCUT2D eigenvalue weighted by Crippen LogP contribution is -2.43. The smallest absolute Gasteiger partial charge is 0.293 e. The van der Waals surface area contributed by atoms with E-state index in [1.807, 2.05) is 73.3 Å². The Labute approximate surface area is 176 Å². The predicted molar refractivity (Wildman–Crippen MR) is 120 cm³/mol. The van der Waals surface area contributed by atoms with E-state index in [0.717, 1.165) is 16.6 Å². The summed E-state index contributed by atoms with van der Waals surface area (Å²) in [4.78, 5) is 32.5. The van der Waals surface area contributed by atoms with E-state index in [1.54, 1.807) is 4.57 Å². The first-order valence-corrected chi connectivity index (χ1v) is 10.7. The number of nitrogens with zero attached hydrogens (tertiary/aromatic N) is 3. The monoisotopic (exact) mass is 404 g/mol. The Hall–Kier alpha value is -3.15. The SMILES string of the molecule is CCn1c(=O)c(N2CCC(C(=O)NC(C)c3ccccc3)CC2)nc2ccccc21. The topological polar surface area (TPSA) is 67.2 Å². The Kier molecular flexibility index (Phi) is 5.84. The molecule has 156 valence electrons. The molecule has 1 N–H and O–H groups in total. The van der Waals surface area contributed by atoms with Gasteiger partial charge in [0.05, 0.1) is 17.1 Å². The Morgan fingerprint density at radius 3 is 2.47 bits per heavy atom. The molecule has 6 nitrogen and oxygen atoms in total. The zero-order valence-corrected chi connectivity index (χ0v) is 17.5. The summed E-state index contributed by atoms with van der Waals surface area (Å²) in [6.07, 6.45) is 1.43. The molecule has 0 bridgehead atoms. The van der Waals surface area contributed by atoms with Crippen LogP contribution < -0.4 is 15.8 Å². The number of rotatable bonds is 5. The number of aromatic nitrogens is 2. The average Bonchev–Trinajstić information content (AvgIpc) is 2.79. The number of para-hydroxylation sites is 2. The van der Waals surface area contributed by atoms with Crippen LogP contribution in [0.15, 0.2) is 59.4 Å². The first-order valence-electron chi connectivity index (χ1n) is 10.7. The van der Waals surface area contributed by atoms with Crippen LogP contribution in [0.25, 0.3) is 11.0 Å². The Bertz CT molecular complexity index is 1090. The van der Waals surface area contributed by atoms with Crippen LogP contribution >= 0.6 is 0 Å². The molecule has 0 spiro atoms. The second-order valence-electron chi connectivity index (χ2n) is 7.88. The highest BCUT2D eigenvalue weighted by Gasteiger charge is 2.28. The lowest BCUT2D eigenvalue weighted by atomic mass is 9.95. The first kappa shape index (κ1) is 20.1. The first-order chi connectivity index (χ1) is 14.6. The van der Waals surface area contributed by atoms with Crippen molar-refractivity contribution in [1.82, 2.24) is 14.9 Å². The lowest BCUT2D eigenvalue weighted by Gasteiger charge is -2.32. The Morgan fingerprint density at radius 2 is 1.77 bits per heavy atom. The summed E-state index contributed by atoms with van der Waals surface area (Å²) >= 11 is 0. The van der Waals surface area contributed by atoms with Crippen molar-refractivity contribution in [2.45, 2.75) is 39.3 Å². The average molecular weight is 405 g/mol. The number of fused-ring (bicyclic) bond motifs is 1. The van der Waals surface area contributed by atoms with Crippen molar-refractivity contribution in [3.63, 3.8) is 0 Å². The van der Waals surface area contributed by atoms with Crippen LogP contribution in [0.5, 0.6) is 0 Å². The molecular formula is C24H28N4O2. The van der Waals surface area contributed by atoms with Crippen LogP contribution in [0.2, 0.25) is 0 Å². The second-order valence-corrected chi connectivity index (χ2v) is 7.88. The van der Waals surface area contributed by atoms with Crippen molar-refractivity contribution in [2.24, 2.45) is 5.92 Å². The molecule has 2 aromatic carbocycles. The number of benzene rings is 2. The third-order valence-electron chi connectivity index (χ3n) is 5.98. The zero-order valence-electron chi connectivity index (χ0n) is 17.5. The van der Waals surface area contributed by atoms with Gasteiger partial charge in [-0.25, -0.2) is 4.98 Å². The van der Waals surface area contributed by atoms with Gasteiger partial charge in [0, 0.05) is 25.6 Å². The molecule has 6 heteroatoms. The fourth-order valence-corrected chi connectivity index (χ4v) is 4.21. The van der Waals surface area contributed by atoms with Crippen LogP contribution in [0.4, 0.5) is 5.82 Å². The largest absolute Gasteiger partial charge is 0.352 e. The van der Waals surface area contributed by atoms with E-state index in [2.05, 4.69) is 10.3 Å². The van der Waals surface area contributed by atoms with Gasteiger partial charge in [0.25, 0.3) is 5.56 Å². The number of hydrogen-bond acceptors (Lipinski definition) is 4. The number of aryl methyl sites for hydroxylation is 1. The highest BCUT2D eigenvalue weighted by molar-refractivity contribution is 5.79. The highest BCUT2D eigenvalue weighted by Crippen LogP contribution is 2.23. The van der Waals surface area contributed by atoms with Crippen LogP contribution in [0, 0.1) is 5.92 Å². The van der Waals surface area contributed by atoms with Crippen LogP contribution in [-0.2, 0) is 11.3 Å². The standard InChI is InChI=1S/C24H28N4O2/c1-3-28-21-12-8-7-11-20(21)26-22(24(28)30)27-15-13-19(14-16-27)23(29)25-17(2)18-9-5-4-6-10-18/h4-12,17,19H,3,13-16H2,1-2H3,(H,25,29). The summed E-state index contributed by atoms with van der Waals surface area (Å²) in [7, 11) is 0. The third-order valence-corrected chi connectivity index (χ3v) is 5.98. The maximum Gasteiger partial charge on any atom is 0.293 e. The van der Waals surface area contributed by atoms with Crippen LogP contribution in [0.1, 0.15) is 38.3 Å². The van der Waals surface area contributed by atoms with Crippen molar-refractivity contribution in [1.29, 1.82) is 0 Å². The van der Waals surface area contributed by atoms with Gasteiger partial charge in [-0.1, -0.05) is 42.5 Å². The van der Waals surface area contributed by atoms with E-state index in [-0.39, 0.29) is 23.4 Å². The van der Waals surface area contributed by atoms with Crippen molar-refractivity contribution in [3.8, 4) is 0 Å². The summed E-state index contributed by atoms with van der Waals surface area (Å²) in [5, 5.41) is 3.14. The van der Waals surface area contributed by atoms with E-state index < -0.39 is 0 Å². The van der Waals surface area contributed by atoms with E-state index >= 15 is 0 Å². The highest BCUT2D eigenvalue weighted by atomic mass is 16.2. The Morgan fingerprint density at radius 1 is 1.10 bits per heavy atom. The van der Waals surface area contributed by atoms with Gasteiger partial charge in [0.2, 0.25) is 5.91 Å². The molecule has 0 radical (unpaired) electrons. The summed E-state index contributed by atoms with van der Waals surface area (Å²) in [6, 6.07) is 17.7. The summed E-state index contributed by atoms with van der Waals surface area (Å²) in [6.45, 7) is 5.89. The van der Waals surface area contributed by atoms with Gasteiger partial charge in [0.15, 0.2) is 5.82 Å². The number of piperidine rings is 1. The fraction of sp³-hybridized carbons (Fsp3) is 0.375. The van der Waals surface area contributed by atoms with Gasteiger partial charge in [-0.05, 0) is 44.4 Å². The third kappa shape index (κ3) is 3.95. The van der Waals surface area contributed by atoms with Gasteiger partial charge in [-0.2, -0.15) is 0 Å². The van der Waals surface area contributed by atoms with Gasteiger partial charge in [-0.15, -0.1) is 0 Å². The molecule has 1 aliphatic rings. The molecule has 3 aromatic rings. The van der Waals surface area contributed by atoms with Crippen molar-refractivity contribution >= 4 is 22.8 Å². The molecule has 1 aliphatic heterocycles. The van der Waals surface area contributed by atoms with E-state index in [1.165, 1.54) is 0 Å². The molecule has 0 saturated carbocycles. The molecule has 2 heterocycles. The molecule has 1 saturated heterocycles. The summed E-state index contributed by atoms with van der Waals surface area (Å²) < 4.78 is 1.78. The molecule has 4 rings (SSSR count). The van der Waals surface area contributed by atoms with E-state index in [0.29, 0.717) is 38.3 Å². The summed E-state index contributed by atoms with van der Waals surface area (Å²) in [5.41, 5.74) is 2.73. The molecule has 1 aromatic heterocycles. The van der Waals surface area contributed by atoms with Crippen molar-refractivity contribution in [2.75, 3.05) is 18.0 Å². The maximum atomic E-state index is 13.0. The molecular weight excluding hydrogens is 376 g/mol. The number of anilines is 1. The molecule has 1 unspecified atom stereocenters. The zero-order chi connectivity index (χ0) is 21.1. The second kappa shape index (κ2) is 8.69. The molecule has 1 atom stereocenters. The van der Waals surface area contributed by atoms with Gasteiger partial charge < -0.3 is 14.8 Å². The quantitative estimate of drug-likeness (QED) is 0.707. The maximum absolute atomic E-state index is 13.0. The number of hydrogen-bond donors (Lipinski definition) is 1. The van der Waals surface area contributed by atoms with E-state index in [4.69, 9.17) is 0 Å². The van der Waals surface area contributed by atoms with Crippen molar-refractivity contribution < 1.29 is 4.79 Å². The lowest BCUT2D eigenvalue weighted by molar-refractivity contribution is -0.126. The van der Waals surface area contributed by atoms with E-state index in [9.17, 15) is 9.59 Å². The number of nitrogens with one attached hydrogen (secondary N) is 1. The molecule has 1 amide bonds. The minimum atomic E-state index is -0.0585. The molecule has 1 fully saturated rings. The summed E-state index contributed by atoms with van der Waals surface area (Å²) in [5.74, 6) is 0.539.